The number of carbonyl (C=O) groups excluding carboxylic acids is 1. The van der Waals surface area contributed by atoms with E-state index in [9.17, 15) is 9.59 Å². The number of halogens is 1. The first-order valence-corrected chi connectivity index (χ1v) is 7.38. The van der Waals surface area contributed by atoms with Crippen molar-refractivity contribution < 1.29 is 19.1 Å². The van der Waals surface area contributed by atoms with Crippen LogP contribution in [0.1, 0.15) is 10.4 Å². The van der Waals surface area contributed by atoms with Gasteiger partial charge in [-0.25, -0.2) is 0 Å². The van der Waals surface area contributed by atoms with Crippen molar-refractivity contribution in [1.29, 1.82) is 0 Å². The maximum absolute atomic E-state index is 11.8. The number of carbonyl (C=O) groups is 2. The van der Waals surface area contributed by atoms with Crippen molar-refractivity contribution in [1.82, 2.24) is 10.2 Å². The van der Waals surface area contributed by atoms with Gasteiger partial charge in [0.25, 0.3) is 5.91 Å². The summed E-state index contributed by atoms with van der Waals surface area (Å²) >= 11 is 5.25. The molecule has 0 aliphatic carbocycles. The summed E-state index contributed by atoms with van der Waals surface area (Å²) in [6.07, 6.45) is 1.38. The first kappa shape index (κ1) is 14.0. The fourth-order valence-electron chi connectivity index (χ4n) is 1.06. The molecule has 2 N–H and O–H groups in total. The molecule has 0 unspecified atom stereocenters. The Morgan fingerprint density at radius 1 is 1.53 bits per heavy atom. The Labute approximate surface area is 123 Å². The summed E-state index contributed by atoms with van der Waals surface area (Å²) in [4.78, 5) is 22.2. The quantitative estimate of drug-likeness (QED) is 0.620. The molecule has 10 heteroatoms. The zero-order valence-electron chi connectivity index (χ0n) is 9.12. The van der Waals surface area contributed by atoms with Crippen LogP contribution in [0.25, 0.3) is 0 Å². The average Bonchev–Trinajstić information content (AvgIpc) is 2.95. The molecule has 0 aliphatic rings. The van der Waals surface area contributed by atoms with Crippen LogP contribution in [-0.4, -0.2) is 32.9 Å². The van der Waals surface area contributed by atoms with Gasteiger partial charge in [0, 0.05) is 0 Å². The molecule has 2 rings (SSSR count). The number of rotatable bonds is 5. The molecular weight excluding hydrogens is 358 g/mol. The summed E-state index contributed by atoms with van der Waals surface area (Å²) < 4.78 is 5.75. The highest BCUT2D eigenvalue weighted by Crippen LogP contribution is 2.26. The van der Waals surface area contributed by atoms with Crippen molar-refractivity contribution >= 4 is 56.0 Å². The Bertz CT molecular complexity index is 612. The lowest BCUT2D eigenvalue weighted by molar-refractivity contribution is -0.133. The molecule has 2 aromatic heterocycles. The van der Waals surface area contributed by atoms with Gasteiger partial charge in [-0.3, -0.25) is 14.9 Å². The lowest BCUT2D eigenvalue weighted by atomic mass is 10.3. The van der Waals surface area contributed by atoms with Crippen LogP contribution in [0.5, 0.6) is 0 Å². The lowest BCUT2D eigenvalue weighted by Gasteiger charge is -1.97. The van der Waals surface area contributed by atoms with Gasteiger partial charge in [-0.1, -0.05) is 23.1 Å². The number of carboxylic acids is 1. The second-order valence-electron chi connectivity index (χ2n) is 3.12. The number of anilines is 1. The van der Waals surface area contributed by atoms with E-state index in [1.807, 2.05) is 0 Å². The fraction of sp³-hybridized carbons (Fsp3) is 0.111. The molecule has 0 aromatic carbocycles. The monoisotopic (exact) mass is 363 g/mol. The maximum atomic E-state index is 11.8. The van der Waals surface area contributed by atoms with Gasteiger partial charge in [-0.15, -0.1) is 10.2 Å². The molecule has 100 valence electrons. The normalized spacial score (nSPS) is 10.4. The SMILES string of the molecule is O=C(O)CSc1nnc(NC(=O)c2ccoc2Br)s1. The Hall–Kier alpha value is -1.39. The summed E-state index contributed by atoms with van der Waals surface area (Å²) in [7, 11) is 0. The van der Waals surface area contributed by atoms with Crippen LogP contribution < -0.4 is 5.32 Å². The number of carboxylic acid groups (broad SMARTS) is 1. The second-order valence-corrected chi connectivity index (χ2v) is 6.04. The fourth-order valence-corrected chi connectivity index (χ4v) is 2.95. The Balaban J connectivity index is 1.98. The summed E-state index contributed by atoms with van der Waals surface area (Å²) in [6.45, 7) is 0. The molecule has 0 saturated heterocycles. The predicted molar refractivity (Wildman–Crippen MR) is 72.6 cm³/mol. The van der Waals surface area contributed by atoms with Gasteiger partial charge in [0.2, 0.25) is 5.13 Å². The Morgan fingerprint density at radius 2 is 2.32 bits per heavy atom. The molecule has 7 nitrogen and oxygen atoms in total. The maximum Gasteiger partial charge on any atom is 0.313 e. The molecule has 0 fully saturated rings. The number of nitrogens with one attached hydrogen (secondary N) is 1. The van der Waals surface area contributed by atoms with E-state index in [2.05, 4.69) is 31.4 Å². The van der Waals surface area contributed by atoms with Crippen molar-refractivity contribution in [2.75, 3.05) is 11.1 Å². The summed E-state index contributed by atoms with van der Waals surface area (Å²) in [5.74, 6) is -1.42. The summed E-state index contributed by atoms with van der Waals surface area (Å²) in [5, 5.41) is 18.9. The molecule has 0 bridgehead atoms. The number of aliphatic carboxylic acids is 1. The minimum atomic E-state index is -0.937. The minimum absolute atomic E-state index is 0.101. The van der Waals surface area contributed by atoms with Crippen LogP contribution in [0.3, 0.4) is 0 Å². The van der Waals surface area contributed by atoms with E-state index in [4.69, 9.17) is 9.52 Å². The van der Waals surface area contributed by atoms with Crippen LogP contribution >= 0.6 is 39.0 Å². The summed E-state index contributed by atoms with van der Waals surface area (Å²) in [6, 6.07) is 1.51. The van der Waals surface area contributed by atoms with Crippen LogP contribution in [0.2, 0.25) is 0 Å². The van der Waals surface area contributed by atoms with E-state index >= 15 is 0 Å². The van der Waals surface area contributed by atoms with Gasteiger partial charge in [-0.05, 0) is 22.0 Å². The highest BCUT2D eigenvalue weighted by Gasteiger charge is 2.15. The molecule has 2 heterocycles. The smallest absolute Gasteiger partial charge is 0.313 e. The lowest BCUT2D eigenvalue weighted by Crippen LogP contribution is -2.11. The van der Waals surface area contributed by atoms with Crippen LogP contribution in [-0.2, 0) is 4.79 Å². The molecule has 0 spiro atoms. The zero-order valence-corrected chi connectivity index (χ0v) is 12.3. The zero-order chi connectivity index (χ0) is 13.8. The number of hydrogen-bond donors (Lipinski definition) is 2. The standard InChI is InChI=1S/C9H6BrN3O4S2/c10-6-4(1-2-17-6)7(16)11-8-12-13-9(19-8)18-3-5(14)15/h1-2H,3H2,(H,14,15)(H,11,12,16). The average molecular weight is 364 g/mol. The van der Waals surface area contributed by atoms with E-state index in [-0.39, 0.29) is 11.7 Å². The van der Waals surface area contributed by atoms with E-state index in [1.54, 1.807) is 0 Å². The van der Waals surface area contributed by atoms with Crippen molar-refractivity contribution in [2.24, 2.45) is 0 Å². The highest BCUT2D eigenvalue weighted by molar-refractivity contribution is 9.10. The van der Waals surface area contributed by atoms with Crippen LogP contribution in [0.4, 0.5) is 5.13 Å². The number of thioether (sulfide) groups is 1. The van der Waals surface area contributed by atoms with Crippen molar-refractivity contribution in [3.05, 3.63) is 22.6 Å². The molecular formula is C9H6BrN3O4S2. The van der Waals surface area contributed by atoms with Gasteiger partial charge in [0.15, 0.2) is 9.01 Å². The first-order chi connectivity index (χ1) is 9.06. The number of furan rings is 1. The minimum Gasteiger partial charge on any atom is -0.481 e. The molecule has 0 saturated carbocycles. The van der Waals surface area contributed by atoms with Crippen LogP contribution in [0.15, 0.2) is 25.8 Å². The molecule has 2 aromatic rings. The molecule has 0 aliphatic heterocycles. The van der Waals surface area contributed by atoms with Gasteiger partial charge in [-0.2, -0.15) is 0 Å². The number of hydrogen-bond acceptors (Lipinski definition) is 7. The predicted octanol–water partition coefficient (Wildman–Crippen LogP) is 2.32. The number of amides is 1. The molecule has 0 atom stereocenters. The Morgan fingerprint density at radius 3 is 2.95 bits per heavy atom. The van der Waals surface area contributed by atoms with Crippen molar-refractivity contribution in [3.8, 4) is 0 Å². The van der Waals surface area contributed by atoms with Gasteiger partial charge in [0.1, 0.15) is 0 Å². The number of aromatic nitrogens is 2. The topological polar surface area (TPSA) is 105 Å². The number of nitrogens with zero attached hydrogens (tertiary/aromatic N) is 2. The Kier molecular flexibility index (Phi) is 4.56. The summed E-state index contributed by atoms with van der Waals surface area (Å²) in [5.41, 5.74) is 0.343. The van der Waals surface area contributed by atoms with Crippen molar-refractivity contribution in [2.45, 2.75) is 4.34 Å². The molecule has 1 amide bonds. The highest BCUT2D eigenvalue weighted by atomic mass is 79.9. The second kappa shape index (κ2) is 6.17. The van der Waals surface area contributed by atoms with Gasteiger partial charge < -0.3 is 9.52 Å². The van der Waals surface area contributed by atoms with Gasteiger partial charge >= 0.3 is 5.97 Å². The van der Waals surface area contributed by atoms with E-state index < -0.39 is 5.97 Å². The van der Waals surface area contributed by atoms with E-state index in [0.29, 0.717) is 19.7 Å². The van der Waals surface area contributed by atoms with Gasteiger partial charge in [0.05, 0.1) is 17.6 Å². The van der Waals surface area contributed by atoms with E-state index in [1.165, 1.54) is 12.3 Å². The molecule has 19 heavy (non-hydrogen) atoms. The van der Waals surface area contributed by atoms with Crippen LogP contribution in [0, 0.1) is 0 Å². The third-order valence-corrected chi connectivity index (χ3v) is 4.38. The van der Waals surface area contributed by atoms with Crippen molar-refractivity contribution in [3.63, 3.8) is 0 Å². The third kappa shape index (κ3) is 3.78. The molecule has 0 radical (unpaired) electrons. The first-order valence-electron chi connectivity index (χ1n) is 4.78. The third-order valence-electron chi connectivity index (χ3n) is 1.81. The largest absolute Gasteiger partial charge is 0.481 e. The van der Waals surface area contributed by atoms with E-state index in [0.717, 1.165) is 23.1 Å².